The highest BCUT2D eigenvalue weighted by molar-refractivity contribution is 5.44. The first kappa shape index (κ1) is 10.6. The first-order valence-electron chi connectivity index (χ1n) is 4.57. The number of hydrogen-bond acceptors (Lipinski definition) is 5. The Morgan fingerprint density at radius 1 is 1.50 bits per heavy atom. The summed E-state index contributed by atoms with van der Waals surface area (Å²) in [7, 11) is 3.52. The zero-order chi connectivity index (χ0) is 10.6. The fourth-order valence-corrected chi connectivity index (χ4v) is 1.18. The number of nitrogens with two attached hydrogens (primary N) is 1. The monoisotopic (exact) mass is 196 g/mol. The standard InChI is InChI=1S/C9H16N4O/c1-4-5-13(2)7-6-8(14-3)12-9(10)11-7/h6H,4-5H2,1-3H3,(H2,10,11,12). The first-order valence-corrected chi connectivity index (χ1v) is 4.57. The quantitative estimate of drug-likeness (QED) is 0.775. The molecule has 1 aromatic heterocycles. The molecule has 0 saturated heterocycles. The van der Waals surface area contributed by atoms with Crippen molar-refractivity contribution in [1.29, 1.82) is 0 Å². The summed E-state index contributed by atoms with van der Waals surface area (Å²) in [5.74, 6) is 1.52. The van der Waals surface area contributed by atoms with Crippen molar-refractivity contribution in [2.24, 2.45) is 0 Å². The molecule has 5 heteroatoms. The van der Waals surface area contributed by atoms with E-state index in [0.29, 0.717) is 5.88 Å². The van der Waals surface area contributed by atoms with Crippen LogP contribution in [0.5, 0.6) is 5.88 Å². The van der Waals surface area contributed by atoms with Crippen molar-refractivity contribution in [2.75, 3.05) is 31.3 Å². The number of hydrogen-bond donors (Lipinski definition) is 1. The lowest BCUT2D eigenvalue weighted by molar-refractivity contribution is 0.397. The third kappa shape index (κ3) is 2.48. The summed E-state index contributed by atoms with van der Waals surface area (Å²) >= 11 is 0. The van der Waals surface area contributed by atoms with E-state index in [9.17, 15) is 0 Å². The topological polar surface area (TPSA) is 64.3 Å². The van der Waals surface area contributed by atoms with Crippen molar-refractivity contribution in [1.82, 2.24) is 9.97 Å². The molecule has 1 rings (SSSR count). The van der Waals surface area contributed by atoms with Gasteiger partial charge in [0.05, 0.1) is 7.11 Å². The van der Waals surface area contributed by atoms with E-state index in [1.807, 2.05) is 11.9 Å². The van der Waals surface area contributed by atoms with E-state index in [4.69, 9.17) is 10.5 Å². The van der Waals surface area contributed by atoms with Crippen molar-refractivity contribution in [3.05, 3.63) is 6.07 Å². The fourth-order valence-electron chi connectivity index (χ4n) is 1.18. The molecular weight excluding hydrogens is 180 g/mol. The summed E-state index contributed by atoms with van der Waals surface area (Å²) in [4.78, 5) is 10.0. The molecule has 0 radical (unpaired) electrons. The number of ether oxygens (including phenoxy) is 1. The van der Waals surface area contributed by atoms with Gasteiger partial charge in [0, 0.05) is 19.7 Å². The molecule has 14 heavy (non-hydrogen) atoms. The number of nitrogen functional groups attached to an aromatic ring is 1. The van der Waals surface area contributed by atoms with Crippen LogP contribution in [-0.4, -0.2) is 30.7 Å². The SMILES string of the molecule is CCCN(C)c1cc(OC)nc(N)n1. The van der Waals surface area contributed by atoms with Gasteiger partial charge in [0.25, 0.3) is 0 Å². The summed E-state index contributed by atoms with van der Waals surface area (Å²) in [6.45, 7) is 3.04. The Bertz CT molecular complexity index is 303. The summed E-state index contributed by atoms with van der Waals surface area (Å²) < 4.78 is 5.01. The second-order valence-electron chi connectivity index (χ2n) is 3.05. The van der Waals surface area contributed by atoms with Crippen LogP contribution in [0.25, 0.3) is 0 Å². The Morgan fingerprint density at radius 3 is 2.79 bits per heavy atom. The molecule has 0 aliphatic heterocycles. The number of rotatable bonds is 4. The highest BCUT2D eigenvalue weighted by Crippen LogP contribution is 2.16. The Morgan fingerprint density at radius 2 is 2.21 bits per heavy atom. The number of nitrogens with zero attached hydrogens (tertiary/aromatic N) is 3. The zero-order valence-electron chi connectivity index (χ0n) is 8.82. The molecule has 0 fully saturated rings. The summed E-state index contributed by atoms with van der Waals surface area (Å²) in [5, 5.41) is 0. The first-order chi connectivity index (χ1) is 6.67. The third-order valence-electron chi connectivity index (χ3n) is 1.87. The van der Waals surface area contributed by atoms with Crippen molar-refractivity contribution in [2.45, 2.75) is 13.3 Å². The summed E-state index contributed by atoms with van der Waals surface area (Å²) in [5.41, 5.74) is 5.54. The number of methoxy groups -OCH3 is 1. The molecule has 78 valence electrons. The van der Waals surface area contributed by atoms with Crippen LogP contribution >= 0.6 is 0 Å². The van der Waals surface area contributed by atoms with E-state index >= 15 is 0 Å². The van der Waals surface area contributed by atoms with Gasteiger partial charge in [0.2, 0.25) is 11.8 Å². The second kappa shape index (κ2) is 4.64. The molecule has 1 aromatic rings. The van der Waals surface area contributed by atoms with Gasteiger partial charge in [0.1, 0.15) is 5.82 Å². The Kier molecular flexibility index (Phi) is 3.50. The summed E-state index contributed by atoms with van der Waals surface area (Å²) in [6.07, 6.45) is 1.06. The molecule has 0 bridgehead atoms. The van der Waals surface area contributed by atoms with Crippen LogP contribution in [0, 0.1) is 0 Å². The van der Waals surface area contributed by atoms with Crippen LogP contribution in [0.4, 0.5) is 11.8 Å². The van der Waals surface area contributed by atoms with E-state index < -0.39 is 0 Å². The minimum Gasteiger partial charge on any atom is -0.481 e. The van der Waals surface area contributed by atoms with Crippen LogP contribution in [0.2, 0.25) is 0 Å². The van der Waals surface area contributed by atoms with Gasteiger partial charge in [-0.15, -0.1) is 0 Å². The highest BCUT2D eigenvalue weighted by Gasteiger charge is 2.05. The number of anilines is 2. The van der Waals surface area contributed by atoms with Gasteiger partial charge in [-0.3, -0.25) is 0 Å². The molecule has 0 saturated carbocycles. The van der Waals surface area contributed by atoms with E-state index in [1.165, 1.54) is 0 Å². The average Bonchev–Trinajstić information content (AvgIpc) is 2.17. The minimum absolute atomic E-state index is 0.238. The zero-order valence-corrected chi connectivity index (χ0v) is 8.82. The van der Waals surface area contributed by atoms with Gasteiger partial charge in [-0.05, 0) is 6.42 Å². The van der Waals surface area contributed by atoms with Gasteiger partial charge >= 0.3 is 0 Å². The molecule has 0 aromatic carbocycles. The highest BCUT2D eigenvalue weighted by atomic mass is 16.5. The Labute approximate surface area is 83.9 Å². The average molecular weight is 196 g/mol. The predicted octanol–water partition coefficient (Wildman–Crippen LogP) is 0.914. The molecule has 0 atom stereocenters. The van der Waals surface area contributed by atoms with E-state index in [2.05, 4.69) is 16.9 Å². The Hall–Kier alpha value is -1.52. The fraction of sp³-hybridized carbons (Fsp3) is 0.556. The molecule has 1 heterocycles. The maximum absolute atomic E-state index is 5.54. The second-order valence-corrected chi connectivity index (χ2v) is 3.05. The minimum atomic E-state index is 0.238. The third-order valence-corrected chi connectivity index (χ3v) is 1.87. The molecule has 0 aliphatic rings. The molecule has 2 N–H and O–H groups in total. The largest absolute Gasteiger partial charge is 0.481 e. The van der Waals surface area contributed by atoms with Gasteiger partial charge in [0.15, 0.2) is 0 Å². The lowest BCUT2D eigenvalue weighted by Gasteiger charge is -2.17. The van der Waals surface area contributed by atoms with Crippen molar-refractivity contribution in [3.63, 3.8) is 0 Å². The van der Waals surface area contributed by atoms with Crippen LogP contribution in [0.15, 0.2) is 6.07 Å². The summed E-state index contributed by atoms with van der Waals surface area (Å²) in [6, 6.07) is 1.77. The molecular formula is C9H16N4O. The Balaban J connectivity index is 2.90. The van der Waals surface area contributed by atoms with Crippen LogP contribution in [0.1, 0.15) is 13.3 Å². The van der Waals surface area contributed by atoms with Crippen LogP contribution < -0.4 is 15.4 Å². The normalized spacial score (nSPS) is 9.93. The van der Waals surface area contributed by atoms with E-state index in [0.717, 1.165) is 18.8 Å². The molecule has 0 spiro atoms. The van der Waals surface area contributed by atoms with Gasteiger partial charge in [-0.1, -0.05) is 6.92 Å². The van der Waals surface area contributed by atoms with Crippen LogP contribution in [0.3, 0.4) is 0 Å². The van der Waals surface area contributed by atoms with Crippen molar-refractivity contribution < 1.29 is 4.74 Å². The van der Waals surface area contributed by atoms with Gasteiger partial charge in [-0.25, -0.2) is 0 Å². The van der Waals surface area contributed by atoms with E-state index in [-0.39, 0.29) is 5.95 Å². The lowest BCUT2D eigenvalue weighted by atomic mass is 10.4. The lowest BCUT2D eigenvalue weighted by Crippen LogP contribution is -2.19. The van der Waals surface area contributed by atoms with Gasteiger partial charge < -0.3 is 15.4 Å². The molecule has 5 nitrogen and oxygen atoms in total. The van der Waals surface area contributed by atoms with Crippen molar-refractivity contribution in [3.8, 4) is 5.88 Å². The smallest absolute Gasteiger partial charge is 0.225 e. The molecule has 0 amide bonds. The predicted molar refractivity (Wildman–Crippen MR) is 56.6 cm³/mol. The van der Waals surface area contributed by atoms with E-state index in [1.54, 1.807) is 13.2 Å². The molecule has 0 aliphatic carbocycles. The maximum atomic E-state index is 5.54. The van der Waals surface area contributed by atoms with Gasteiger partial charge in [-0.2, -0.15) is 9.97 Å². The van der Waals surface area contributed by atoms with Crippen LogP contribution in [-0.2, 0) is 0 Å². The maximum Gasteiger partial charge on any atom is 0.225 e. The molecule has 0 unspecified atom stereocenters. The van der Waals surface area contributed by atoms with Crippen molar-refractivity contribution >= 4 is 11.8 Å². The number of aromatic nitrogens is 2.